The number of benzene rings is 1. The molecule has 0 spiro atoms. The number of carbonyl (C=O) groups excluding carboxylic acids is 1. The van der Waals surface area contributed by atoms with E-state index in [9.17, 15) is 19.7 Å². The van der Waals surface area contributed by atoms with E-state index in [2.05, 4.69) is 5.32 Å². The molecular weight excluding hydrogens is 216 g/mol. The Balaban J connectivity index is 3.35. The molecule has 0 aliphatic rings. The molecule has 0 aliphatic carbocycles. The molecule has 16 heavy (non-hydrogen) atoms. The number of nitro benzene ring substituents is 1. The van der Waals surface area contributed by atoms with Gasteiger partial charge in [-0.15, -0.1) is 0 Å². The van der Waals surface area contributed by atoms with Crippen LogP contribution in [0.4, 0.5) is 5.69 Å². The Labute approximate surface area is 89.8 Å². The number of non-ortho nitro benzene ring substituents is 1. The highest BCUT2D eigenvalue weighted by Gasteiger charge is 2.16. The number of hydrogen-bond acceptors (Lipinski definition) is 4. The summed E-state index contributed by atoms with van der Waals surface area (Å²) in [6, 6.07) is 2.99. The molecule has 0 aromatic heterocycles. The van der Waals surface area contributed by atoms with Crippen LogP contribution in [0.2, 0.25) is 0 Å². The first-order valence-corrected chi connectivity index (χ1v) is 4.20. The molecule has 0 saturated heterocycles. The van der Waals surface area contributed by atoms with Gasteiger partial charge >= 0.3 is 5.97 Å². The van der Waals surface area contributed by atoms with Crippen LogP contribution < -0.4 is 5.32 Å². The first kappa shape index (κ1) is 11.6. The second kappa shape index (κ2) is 4.39. The van der Waals surface area contributed by atoms with Gasteiger partial charge in [0.1, 0.15) is 0 Å². The van der Waals surface area contributed by atoms with Crippen molar-refractivity contribution in [3.8, 4) is 0 Å². The van der Waals surface area contributed by atoms with E-state index in [1.54, 1.807) is 0 Å². The SMILES string of the molecule is CNC(=O)c1cc(C(=O)O)cc([N+](=O)[O-])c1. The van der Waals surface area contributed by atoms with Gasteiger partial charge in [-0.2, -0.15) is 0 Å². The van der Waals surface area contributed by atoms with Crippen LogP contribution in [0.5, 0.6) is 0 Å². The molecule has 0 heterocycles. The Bertz CT molecular complexity index is 437. The fourth-order valence-corrected chi connectivity index (χ4v) is 1.12. The summed E-state index contributed by atoms with van der Waals surface area (Å²) in [4.78, 5) is 31.7. The summed E-state index contributed by atoms with van der Waals surface area (Å²) in [5.41, 5.74) is -0.791. The summed E-state index contributed by atoms with van der Waals surface area (Å²) in [5, 5.41) is 21.5. The summed E-state index contributed by atoms with van der Waals surface area (Å²) < 4.78 is 0. The molecule has 1 rings (SSSR count). The number of carboxylic acid groups (broad SMARTS) is 1. The van der Waals surface area contributed by atoms with E-state index in [-0.39, 0.29) is 11.1 Å². The molecule has 7 heteroatoms. The van der Waals surface area contributed by atoms with Crippen LogP contribution in [0.3, 0.4) is 0 Å². The Morgan fingerprint density at radius 3 is 2.31 bits per heavy atom. The van der Waals surface area contributed by atoms with Crippen molar-refractivity contribution in [3.05, 3.63) is 39.4 Å². The van der Waals surface area contributed by atoms with Crippen LogP contribution in [0.1, 0.15) is 20.7 Å². The second-order valence-electron chi connectivity index (χ2n) is 2.91. The molecule has 0 fully saturated rings. The summed E-state index contributed by atoms with van der Waals surface area (Å²) in [6.07, 6.45) is 0. The number of amides is 1. The van der Waals surface area contributed by atoms with Gasteiger partial charge < -0.3 is 10.4 Å². The number of nitro groups is 1. The predicted molar refractivity (Wildman–Crippen MR) is 53.4 cm³/mol. The van der Waals surface area contributed by atoms with Crippen LogP contribution in [-0.4, -0.2) is 29.0 Å². The van der Waals surface area contributed by atoms with Gasteiger partial charge in [-0.1, -0.05) is 0 Å². The third kappa shape index (κ3) is 2.32. The van der Waals surface area contributed by atoms with Gasteiger partial charge in [0.25, 0.3) is 11.6 Å². The van der Waals surface area contributed by atoms with E-state index in [1.807, 2.05) is 0 Å². The summed E-state index contributed by atoms with van der Waals surface area (Å²) in [6.45, 7) is 0. The fourth-order valence-electron chi connectivity index (χ4n) is 1.12. The lowest BCUT2D eigenvalue weighted by atomic mass is 10.1. The third-order valence-corrected chi connectivity index (χ3v) is 1.86. The molecule has 84 valence electrons. The normalized spacial score (nSPS) is 9.56. The first-order chi connectivity index (χ1) is 7.45. The molecule has 7 nitrogen and oxygen atoms in total. The lowest BCUT2D eigenvalue weighted by Gasteiger charge is -2.01. The van der Waals surface area contributed by atoms with Gasteiger partial charge in [0.05, 0.1) is 10.5 Å². The average molecular weight is 224 g/mol. The average Bonchev–Trinajstić information content (AvgIpc) is 2.27. The van der Waals surface area contributed by atoms with Crippen molar-refractivity contribution < 1.29 is 19.6 Å². The minimum Gasteiger partial charge on any atom is -0.478 e. The molecule has 1 aromatic carbocycles. The molecular formula is C9H8N2O5. The van der Waals surface area contributed by atoms with E-state index in [0.29, 0.717) is 0 Å². The van der Waals surface area contributed by atoms with E-state index < -0.39 is 22.5 Å². The minimum atomic E-state index is -1.33. The zero-order valence-corrected chi connectivity index (χ0v) is 8.26. The van der Waals surface area contributed by atoms with Crippen molar-refractivity contribution >= 4 is 17.6 Å². The fraction of sp³-hybridized carbons (Fsp3) is 0.111. The molecule has 1 aromatic rings. The highest BCUT2D eigenvalue weighted by molar-refractivity contribution is 5.98. The number of nitrogens with one attached hydrogen (secondary N) is 1. The topological polar surface area (TPSA) is 110 Å². The molecule has 0 radical (unpaired) electrons. The maximum Gasteiger partial charge on any atom is 0.335 e. The summed E-state index contributed by atoms with van der Waals surface area (Å²) in [7, 11) is 1.35. The van der Waals surface area contributed by atoms with Crippen LogP contribution in [-0.2, 0) is 0 Å². The Kier molecular flexibility index (Phi) is 3.19. The molecule has 0 atom stereocenters. The number of aromatic carboxylic acids is 1. The predicted octanol–water partition coefficient (Wildman–Crippen LogP) is 0.653. The molecule has 0 aliphatic heterocycles. The van der Waals surface area contributed by atoms with Crippen LogP contribution in [0, 0.1) is 10.1 Å². The Morgan fingerprint density at radius 2 is 1.88 bits per heavy atom. The van der Waals surface area contributed by atoms with Crippen LogP contribution >= 0.6 is 0 Å². The van der Waals surface area contributed by atoms with Crippen molar-refractivity contribution in [1.82, 2.24) is 5.32 Å². The molecule has 2 N–H and O–H groups in total. The minimum absolute atomic E-state index is 0.0610. The Morgan fingerprint density at radius 1 is 1.31 bits per heavy atom. The number of carboxylic acids is 1. The van der Waals surface area contributed by atoms with Crippen molar-refractivity contribution in [2.24, 2.45) is 0 Å². The van der Waals surface area contributed by atoms with Gasteiger partial charge in [-0.3, -0.25) is 14.9 Å². The second-order valence-corrected chi connectivity index (χ2v) is 2.91. The quantitative estimate of drug-likeness (QED) is 0.578. The standard InChI is InChI=1S/C9H8N2O5/c1-10-8(12)5-2-6(9(13)14)4-7(3-5)11(15)16/h2-4H,1H3,(H,10,12)(H,13,14). The largest absolute Gasteiger partial charge is 0.478 e. The van der Waals surface area contributed by atoms with E-state index >= 15 is 0 Å². The zero-order chi connectivity index (χ0) is 12.3. The van der Waals surface area contributed by atoms with Crippen molar-refractivity contribution in [2.45, 2.75) is 0 Å². The smallest absolute Gasteiger partial charge is 0.335 e. The first-order valence-electron chi connectivity index (χ1n) is 4.20. The third-order valence-electron chi connectivity index (χ3n) is 1.86. The maximum absolute atomic E-state index is 11.2. The van der Waals surface area contributed by atoms with E-state index in [0.717, 1.165) is 18.2 Å². The van der Waals surface area contributed by atoms with Gasteiger partial charge in [-0.25, -0.2) is 4.79 Å². The highest BCUT2D eigenvalue weighted by Crippen LogP contribution is 2.17. The molecule has 0 saturated carbocycles. The van der Waals surface area contributed by atoms with E-state index in [4.69, 9.17) is 5.11 Å². The molecule has 0 unspecified atom stereocenters. The van der Waals surface area contributed by atoms with Gasteiger partial charge in [0.2, 0.25) is 0 Å². The monoisotopic (exact) mass is 224 g/mol. The van der Waals surface area contributed by atoms with E-state index in [1.165, 1.54) is 7.05 Å². The number of carbonyl (C=O) groups is 2. The lowest BCUT2D eigenvalue weighted by molar-refractivity contribution is -0.384. The number of nitrogens with zero attached hydrogens (tertiary/aromatic N) is 1. The molecule has 0 bridgehead atoms. The van der Waals surface area contributed by atoms with Crippen molar-refractivity contribution in [2.75, 3.05) is 7.05 Å². The van der Waals surface area contributed by atoms with Crippen LogP contribution in [0.25, 0.3) is 0 Å². The Hall–Kier alpha value is -2.44. The van der Waals surface area contributed by atoms with Gasteiger partial charge in [0.15, 0.2) is 0 Å². The number of rotatable bonds is 3. The molecule has 1 amide bonds. The zero-order valence-electron chi connectivity index (χ0n) is 8.26. The highest BCUT2D eigenvalue weighted by atomic mass is 16.6. The number of hydrogen-bond donors (Lipinski definition) is 2. The maximum atomic E-state index is 11.2. The summed E-state index contributed by atoms with van der Waals surface area (Å²) in [5.74, 6) is -1.90. The van der Waals surface area contributed by atoms with Crippen molar-refractivity contribution in [1.29, 1.82) is 0 Å². The lowest BCUT2D eigenvalue weighted by Crippen LogP contribution is -2.18. The van der Waals surface area contributed by atoms with Gasteiger partial charge in [0, 0.05) is 24.7 Å². The summed E-state index contributed by atoms with van der Waals surface area (Å²) >= 11 is 0. The van der Waals surface area contributed by atoms with Gasteiger partial charge in [-0.05, 0) is 6.07 Å². The van der Waals surface area contributed by atoms with Crippen LogP contribution in [0.15, 0.2) is 18.2 Å². The van der Waals surface area contributed by atoms with Crippen molar-refractivity contribution in [3.63, 3.8) is 0 Å².